The van der Waals surface area contributed by atoms with Crippen LogP contribution in [0.15, 0.2) is 6.07 Å². The smallest absolute Gasteiger partial charge is 0.272 e. The van der Waals surface area contributed by atoms with Gasteiger partial charge in [-0.25, -0.2) is 18.7 Å². The number of nitrogens with zero attached hydrogens (tertiary/aromatic N) is 3. The number of aromatic nitrogens is 2. The SMILES string of the molecule is Cc1cc(C#CS)nc(CN2CC(F)(F)C2)n1. The first-order chi connectivity index (χ1) is 7.98. The molecule has 1 fully saturated rings. The Hall–Kier alpha value is -1.19. The molecule has 0 atom stereocenters. The van der Waals surface area contributed by atoms with Crippen molar-refractivity contribution in [2.24, 2.45) is 0 Å². The number of hydrogen-bond donors (Lipinski definition) is 1. The molecule has 1 aliphatic rings. The van der Waals surface area contributed by atoms with Gasteiger partial charge in [-0.2, -0.15) is 0 Å². The number of hydrogen-bond acceptors (Lipinski definition) is 4. The third-order valence-electron chi connectivity index (χ3n) is 2.36. The van der Waals surface area contributed by atoms with E-state index in [1.54, 1.807) is 11.0 Å². The number of alkyl halides is 2. The molecule has 0 spiro atoms. The Morgan fingerprint density at radius 3 is 2.76 bits per heavy atom. The molecule has 0 N–H and O–H groups in total. The lowest BCUT2D eigenvalue weighted by Crippen LogP contribution is -2.55. The van der Waals surface area contributed by atoms with Crippen molar-refractivity contribution in [2.75, 3.05) is 13.1 Å². The summed E-state index contributed by atoms with van der Waals surface area (Å²) in [6.45, 7) is 1.70. The van der Waals surface area contributed by atoms with Crippen LogP contribution in [0.2, 0.25) is 0 Å². The van der Waals surface area contributed by atoms with Crippen molar-refractivity contribution in [2.45, 2.75) is 19.4 Å². The Balaban J connectivity index is 2.08. The van der Waals surface area contributed by atoms with E-state index in [0.717, 1.165) is 5.69 Å². The van der Waals surface area contributed by atoms with Crippen molar-refractivity contribution in [3.8, 4) is 11.2 Å². The number of halogens is 2. The fraction of sp³-hybridized carbons (Fsp3) is 0.455. The van der Waals surface area contributed by atoms with Gasteiger partial charge in [0.1, 0.15) is 11.5 Å². The van der Waals surface area contributed by atoms with Crippen LogP contribution in [0.4, 0.5) is 8.78 Å². The van der Waals surface area contributed by atoms with E-state index >= 15 is 0 Å². The monoisotopic (exact) mass is 255 g/mol. The molecule has 1 aliphatic heterocycles. The predicted molar refractivity (Wildman–Crippen MR) is 62.9 cm³/mol. The minimum absolute atomic E-state index is 0.224. The average Bonchev–Trinajstić information content (AvgIpc) is 2.14. The molecular formula is C11H11F2N3S. The molecule has 0 unspecified atom stereocenters. The van der Waals surface area contributed by atoms with Crippen molar-refractivity contribution in [1.29, 1.82) is 0 Å². The Kier molecular flexibility index (Phi) is 3.31. The van der Waals surface area contributed by atoms with Gasteiger partial charge in [0.25, 0.3) is 5.92 Å². The summed E-state index contributed by atoms with van der Waals surface area (Å²) in [7, 11) is 0. The minimum Gasteiger partial charge on any atom is -0.284 e. The van der Waals surface area contributed by atoms with Crippen molar-refractivity contribution < 1.29 is 8.78 Å². The van der Waals surface area contributed by atoms with Gasteiger partial charge in [-0.3, -0.25) is 4.90 Å². The van der Waals surface area contributed by atoms with E-state index in [9.17, 15) is 8.78 Å². The number of thiol groups is 1. The molecule has 1 saturated heterocycles. The quantitative estimate of drug-likeness (QED) is 0.641. The summed E-state index contributed by atoms with van der Waals surface area (Å²) < 4.78 is 25.3. The first-order valence-electron chi connectivity index (χ1n) is 5.08. The molecule has 0 aromatic carbocycles. The fourth-order valence-electron chi connectivity index (χ4n) is 1.74. The zero-order chi connectivity index (χ0) is 12.5. The van der Waals surface area contributed by atoms with E-state index < -0.39 is 5.92 Å². The first kappa shape index (κ1) is 12.3. The van der Waals surface area contributed by atoms with Crippen molar-refractivity contribution in [3.63, 3.8) is 0 Å². The van der Waals surface area contributed by atoms with Crippen LogP contribution < -0.4 is 0 Å². The summed E-state index contributed by atoms with van der Waals surface area (Å²) in [6.07, 6.45) is 0. The van der Waals surface area contributed by atoms with Crippen LogP contribution in [-0.2, 0) is 6.54 Å². The van der Waals surface area contributed by atoms with Gasteiger partial charge in [0.05, 0.1) is 19.6 Å². The molecule has 1 aromatic heterocycles. The Morgan fingerprint density at radius 2 is 2.18 bits per heavy atom. The van der Waals surface area contributed by atoms with Gasteiger partial charge in [0.2, 0.25) is 0 Å². The van der Waals surface area contributed by atoms with Gasteiger partial charge in [-0.15, -0.1) is 0 Å². The molecular weight excluding hydrogens is 244 g/mol. The average molecular weight is 255 g/mol. The molecule has 0 saturated carbocycles. The zero-order valence-electron chi connectivity index (χ0n) is 9.24. The molecule has 3 nitrogen and oxygen atoms in total. The Labute approximate surface area is 104 Å². The summed E-state index contributed by atoms with van der Waals surface area (Å²) in [6, 6.07) is 1.73. The van der Waals surface area contributed by atoms with Crippen LogP contribution in [0, 0.1) is 18.1 Å². The van der Waals surface area contributed by atoms with Crippen molar-refractivity contribution in [3.05, 3.63) is 23.3 Å². The van der Waals surface area contributed by atoms with E-state index in [1.807, 2.05) is 6.92 Å². The topological polar surface area (TPSA) is 29.0 Å². The fourth-order valence-corrected chi connectivity index (χ4v) is 1.86. The van der Waals surface area contributed by atoms with Gasteiger partial charge >= 0.3 is 0 Å². The molecule has 0 radical (unpaired) electrons. The summed E-state index contributed by atoms with van der Waals surface area (Å²) in [5.41, 5.74) is 1.34. The summed E-state index contributed by atoms with van der Waals surface area (Å²) in [5.74, 6) is 0.673. The van der Waals surface area contributed by atoms with Crippen LogP contribution >= 0.6 is 12.6 Å². The highest BCUT2D eigenvalue weighted by Crippen LogP contribution is 2.27. The number of rotatable bonds is 2. The van der Waals surface area contributed by atoms with Crippen molar-refractivity contribution >= 4 is 12.6 Å². The summed E-state index contributed by atoms with van der Waals surface area (Å²) in [5, 5.41) is 2.45. The second-order valence-electron chi connectivity index (χ2n) is 4.05. The lowest BCUT2D eigenvalue weighted by atomic mass is 10.1. The molecule has 0 bridgehead atoms. The molecule has 1 aromatic rings. The third-order valence-corrected chi connectivity index (χ3v) is 2.47. The van der Waals surface area contributed by atoms with Crippen LogP contribution in [0.1, 0.15) is 17.2 Å². The third kappa shape index (κ3) is 3.14. The molecule has 6 heteroatoms. The maximum Gasteiger partial charge on any atom is 0.272 e. The van der Waals surface area contributed by atoms with E-state index in [1.165, 1.54) is 0 Å². The zero-order valence-corrected chi connectivity index (χ0v) is 10.1. The lowest BCUT2D eigenvalue weighted by Gasteiger charge is -2.38. The molecule has 2 heterocycles. The van der Waals surface area contributed by atoms with Gasteiger partial charge in [-0.1, -0.05) is 12.6 Å². The van der Waals surface area contributed by atoms with E-state index in [0.29, 0.717) is 18.1 Å². The number of aryl methyl sites for hydroxylation is 1. The van der Waals surface area contributed by atoms with Gasteiger partial charge < -0.3 is 0 Å². The minimum atomic E-state index is -2.56. The highest BCUT2D eigenvalue weighted by atomic mass is 32.1. The Morgan fingerprint density at radius 1 is 1.47 bits per heavy atom. The normalized spacial score (nSPS) is 18.1. The van der Waals surface area contributed by atoms with Gasteiger partial charge in [0, 0.05) is 5.69 Å². The second kappa shape index (κ2) is 4.59. The molecule has 90 valence electrons. The number of likely N-dealkylation sites (tertiary alicyclic amines) is 1. The van der Waals surface area contributed by atoms with Crippen molar-refractivity contribution in [1.82, 2.24) is 14.9 Å². The van der Waals surface area contributed by atoms with Crippen LogP contribution in [0.25, 0.3) is 0 Å². The van der Waals surface area contributed by atoms with Crippen LogP contribution in [-0.4, -0.2) is 33.9 Å². The van der Waals surface area contributed by atoms with E-state index in [-0.39, 0.29) is 13.1 Å². The van der Waals surface area contributed by atoms with E-state index in [4.69, 9.17) is 0 Å². The Bertz CT molecular complexity index is 485. The maximum absolute atomic E-state index is 12.7. The van der Waals surface area contributed by atoms with Gasteiger partial charge in [-0.05, 0) is 24.2 Å². The summed E-state index contributed by atoms with van der Waals surface area (Å²) in [4.78, 5) is 9.97. The van der Waals surface area contributed by atoms with E-state index in [2.05, 4.69) is 33.8 Å². The molecule has 0 aliphatic carbocycles. The molecule has 2 rings (SSSR count). The van der Waals surface area contributed by atoms with Crippen LogP contribution in [0.5, 0.6) is 0 Å². The second-order valence-corrected chi connectivity index (χ2v) is 4.27. The first-order valence-corrected chi connectivity index (χ1v) is 5.53. The standard InChI is InChI=1S/C11H11F2N3S/c1-8-4-9(2-3-17)15-10(14-8)5-16-6-11(12,13)7-16/h4,17H,5-7H2,1H3. The van der Waals surface area contributed by atoms with Crippen LogP contribution in [0.3, 0.4) is 0 Å². The highest BCUT2D eigenvalue weighted by Gasteiger charge is 2.43. The largest absolute Gasteiger partial charge is 0.284 e. The lowest BCUT2D eigenvalue weighted by molar-refractivity contribution is -0.134. The molecule has 0 amide bonds. The highest BCUT2D eigenvalue weighted by molar-refractivity contribution is 7.85. The maximum atomic E-state index is 12.7. The predicted octanol–water partition coefficient (Wildman–Crippen LogP) is 1.47. The van der Waals surface area contributed by atoms with Gasteiger partial charge in [0.15, 0.2) is 0 Å². The summed E-state index contributed by atoms with van der Waals surface area (Å²) >= 11 is 3.79. The molecule has 17 heavy (non-hydrogen) atoms.